The summed E-state index contributed by atoms with van der Waals surface area (Å²) in [7, 11) is 0. The van der Waals surface area contributed by atoms with Crippen molar-refractivity contribution < 1.29 is 24.8 Å². The average Bonchev–Trinajstić information content (AvgIpc) is 3.55. The zero-order valence-corrected chi connectivity index (χ0v) is 29.6. The van der Waals surface area contributed by atoms with Crippen LogP contribution in [0.5, 0.6) is 11.5 Å². The number of rotatable bonds is 17. The Kier molecular flexibility index (Phi) is 13.6. The van der Waals surface area contributed by atoms with Crippen molar-refractivity contribution in [2.24, 2.45) is 0 Å². The van der Waals surface area contributed by atoms with Crippen molar-refractivity contribution in [1.29, 1.82) is 5.26 Å². The Morgan fingerprint density at radius 3 is 2.36 bits per heavy atom. The average molecular weight is 699 g/mol. The Hall–Kier alpha value is -4.01. The topological polar surface area (TPSA) is 131 Å². The van der Waals surface area contributed by atoms with Gasteiger partial charge >= 0.3 is 0 Å². The Balaban J connectivity index is 1.30. The number of ether oxygens (including phenoxy) is 2. The molecular formula is C40H47ClN4O5. The molecule has 0 spiro atoms. The maximum atomic E-state index is 9.81. The van der Waals surface area contributed by atoms with Crippen LogP contribution in [0.3, 0.4) is 0 Å². The molecule has 1 aliphatic rings. The number of benzene rings is 3. The summed E-state index contributed by atoms with van der Waals surface area (Å²) in [6.07, 6.45) is 7.11. The fourth-order valence-electron chi connectivity index (χ4n) is 6.39. The molecule has 10 heteroatoms. The molecule has 0 saturated carbocycles. The number of aliphatic hydroxyl groups excluding tert-OH is 3. The minimum absolute atomic E-state index is 0.169. The third kappa shape index (κ3) is 9.82. The second-order valence-electron chi connectivity index (χ2n) is 13.0. The molecule has 3 aromatic carbocycles. The summed E-state index contributed by atoms with van der Waals surface area (Å²) in [5.41, 5.74) is 9.11. The van der Waals surface area contributed by atoms with Gasteiger partial charge in [-0.05, 0) is 91.6 Å². The molecule has 264 valence electrons. The van der Waals surface area contributed by atoms with Crippen molar-refractivity contribution in [3.05, 3.63) is 111 Å². The van der Waals surface area contributed by atoms with E-state index in [2.05, 4.69) is 71.5 Å². The molecule has 9 nitrogen and oxygen atoms in total. The lowest BCUT2D eigenvalue weighted by Gasteiger charge is -2.19. The summed E-state index contributed by atoms with van der Waals surface area (Å²) in [4.78, 5) is 6.48. The van der Waals surface area contributed by atoms with Crippen molar-refractivity contribution in [1.82, 2.24) is 15.2 Å². The van der Waals surface area contributed by atoms with Gasteiger partial charge in [-0.3, -0.25) is 4.98 Å². The second kappa shape index (κ2) is 18.3. The minimum Gasteiger partial charge on any atom is -0.488 e. The van der Waals surface area contributed by atoms with Gasteiger partial charge in [0.05, 0.1) is 35.9 Å². The third-order valence-electron chi connectivity index (χ3n) is 9.44. The fraction of sp³-hybridized carbons (Fsp3) is 0.400. The number of β-amino-alcohol motifs (C(OH)–C–C–N with tert-alkyl or cyclic N) is 1. The van der Waals surface area contributed by atoms with E-state index in [-0.39, 0.29) is 25.9 Å². The highest BCUT2D eigenvalue weighted by atomic mass is 35.5. The van der Waals surface area contributed by atoms with Gasteiger partial charge in [-0.2, -0.15) is 5.26 Å². The maximum Gasteiger partial charge on any atom is 0.142 e. The molecule has 1 saturated heterocycles. The van der Waals surface area contributed by atoms with E-state index in [0.29, 0.717) is 35.2 Å². The summed E-state index contributed by atoms with van der Waals surface area (Å²) < 4.78 is 12.5. The summed E-state index contributed by atoms with van der Waals surface area (Å²) in [6, 6.07) is 19.7. The molecular weight excluding hydrogens is 652 g/mol. The molecule has 4 N–H and O–H groups in total. The molecule has 1 aliphatic heterocycles. The second-order valence-corrected chi connectivity index (χ2v) is 13.4. The van der Waals surface area contributed by atoms with Gasteiger partial charge in [0, 0.05) is 49.2 Å². The first-order valence-corrected chi connectivity index (χ1v) is 17.6. The van der Waals surface area contributed by atoms with Crippen molar-refractivity contribution in [2.45, 2.75) is 71.4 Å². The Labute approximate surface area is 300 Å². The smallest absolute Gasteiger partial charge is 0.142 e. The molecule has 0 unspecified atom stereocenters. The minimum atomic E-state index is -0.496. The molecule has 0 amide bonds. The summed E-state index contributed by atoms with van der Waals surface area (Å²) >= 11 is 6.74. The van der Waals surface area contributed by atoms with Crippen LogP contribution in [0.1, 0.15) is 58.2 Å². The van der Waals surface area contributed by atoms with Gasteiger partial charge in [0.2, 0.25) is 0 Å². The van der Waals surface area contributed by atoms with Crippen LogP contribution in [0.2, 0.25) is 5.02 Å². The van der Waals surface area contributed by atoms with Gasteiger partial charge in [-0.1, -0.05) is 48.0 Å². The van der Waals surface area contributed by atoms with E-state index < -0.39 is 6.04 Å². The quantitative estimate of drug-likeness (QED) is 0.0999. The van der Waals surface area contributed by atoms with Crippen LogP contribution in [-0.2, 0) is 26.2 Å². The van der Waals surface area contributed by atoms with E-state index in [4.69, 9.17) is 21.1 Å². The monoisotopic (exact) mass is 698 g/mol. The number of nitrogens with zero attached hydrogens (tertiary/aromatic N) is 3. The van der Waals surface area contributed by atoms with E-state index >= 15 is 0 Å². The van der Waals surface area contributed by atoms with Crippen LogP contribution in [0, 0.1) is 25.2 Å². The van der Waals surface area contributed by atoms with Crippen molar-refractivity contribution in [2.75, 3.05) is 32.8 Å². The SMILES string of the molecule is Cc1c(CCCCN2CC[C@@H](O)C2)cccc1-c1cccc(COc2cc(OCc3cncc(C#N)c3)c(CNC(CO)CO)cc2Cl)c1C. The molecule has 0 bridgehead atoms. The van der Waals surface area contributed by atoms with Crippen LogP contribution in [0.15, 0.2) is 67.0 Å². The number of unbranched alkanes of at least 4 members (excludes halogenated alkanes) is 1. The van der Waals surface area contributed by atoms with Gasteiger partial charge in [-0.25, -0.2) is 0 Å². The highest BCUT2D eigenvalue weighted by molar-refractivity contribution is 6.32. The Bertz CT molecular complexity index is 1770. The Morgan fingerprint density at radius 1 is 0.940 bits per heavy atom. The molecule has 4 aromatic rings. The molecule has 2 heterocycles. The van der Waals surface area contributed by atoms with E-state index in [9.17, 15) is 20.6 Å². The highest BCUT2D eigenvalue weighted by Gasteiger charge is 2.19. The highest BCUT2D eigenvalue weighted by Crippen LogP contribution is 2.36. The fourth-order valence-corrected chi connectivity index (χ4v) is 6.63. The Morgan fingerprint density at radius 2 is 1.66 bits per heavy atom. The number of halogens is 1. The summed E-state index contributed by atoms with van der Waals surface area (Å²) in [5.74, 6) is 0.978. The van der Waals surface area contributed by atoms with E-state index in [1.165, 1.54) is 28.5 Å². The molecule has 5 rings (SSSR count). The largest absolute Gasteiger partial charge is 0.488 e. The van der Waals surface area contributed by atoms with Crippen LogP contribution >= 0.6 is 11.6 Å². The number of aliphatic hydroxyl groups is 3. The van der Waals surface area contributed by atoms with Crippen molar-refractivity contribution >= 4 is 11.6 Å². The zero-order valence-electron chi connectivity index (χ0n) is 28.9. The zero-order chi connectivity index (χ0) is 35.5. The molecule has 0 radical (unpaired) electrons. The molecule has 0 aliphatic carbocycles. The number of aryl methyl sites for hydroxylation is 1. The first kappa shape index (κ1) is 37.3. The van der Waals surface area contributed by atoms with Gasteiger partial charge in [0.1, 0.15) is 30.8 Å². The van der Waals surface area contributed by atoms with Crippen LogP contribution in [0.4, 0.5) is 0 Å². The summed E-state index contributed by atoms with van der Waals surface area (Å²) in [6.45, 7) is 7.47. The first-order valence-electron chi connectivity index (χ1n) is 17.2. The standard InChI is InChI=1S/C40H47ClN4O5/c1-27-31(7-3-4-13-45-14-12-35(48)22-45)8-5-10-36(27)37-11-6-9-32(28(37)2)26-50-40-17-39(49-25-30-15-29(18-42)19-43-20-30)33(16-38(40)41)21-44-34(23-46)24-47/h5-6,8-11,15-17,19-20,34-35,44,46-48H,3-4,7,12-14,21-26H2,1-2H3/t35-/m1/s1. The molecule has 1 aromatic heterocycles. The number of hydrogen-bond acceptors (Lipinski definition) is 9. The lowest BCUT2D eigenvalue weighted by Crippen LogP contribution is -2.35. The normalized spacial score (nSPS) is 14.6. The number of nitrogens with one attached hydrogen (secondary N) is 1. The molecule has 50 heavy (non-hydrogen) atoms. The summed E-state index contributed by atoms with van der Waals surface area (Å²) in [5, 5.41) is 41.7. The number of pyridine rings is 1. The predicted molar refractivity (Wildman–Crippen MR) is 195 cm³/mol. The maximum absolute atomic E-state index is 9.81. The van der Waals surface area contributed by atoms with Gasteiger partial charge in [0.25, 0.3) is 0 Å². The third-order valence-corrected chi connectivity index (χ3v) is 9.73. The van der Waals surface area contributed by atoms with Gasteiger partial charge in [0.15, 0.2) is 0 Å². The van der Waals surface area contributed by atoms with Gasteiger partial charge in [-0.15, -0.1) is 0 Å². The lowest BCUT2D eigenvalue weighted by atomic mass is 9.90. The molecule has 1 atom stereocenters. The van der Waals surface area contributed by atoms with Crippen LogP contribution in [0.25, 0.3) is 11.1 Å². The predicted octanol–water partition coefficient (Wildman–Crippen LogP) is 5.88. The lowest BCUT2D eigenvalue weighted by molar-refractivity contribution is 0.169. The van der Waals surface area contributed by atoms with E-state index in [0.717, 1.165) is 67.6 Å². The van der Waals surface area contributed by atoms with Crippen molar-refractivity contribution in [3.63, 3.8) is 0 Å². The number of likely N-dealkylation sites (tertiary alicyclic amines) is 1. The first-order chi connectivity index (χ1) is 24.3. The van der Waals surface area contributed by atoms with Crippen molar-refractivity contribution in [3.8, 4) is 28.7 Å². The van der Waals surface area contributed by atoms with Gasteiger partial charge < -0.3 is 35.0 Å². The number of nitriles is 1. The van der Waals surface area contributed by atoms with Crippen LogP contribution in [-0.4, -0.2) is 70.2 Å². The van der Waals surface area contributed by atoms with Crippen LogP contribution < -0.4 is 14.8 Å². The number of hydrogen-bond donors (Lipinski definition) is 4. The molecule has 1 fully saturated rings. The van der Waals surface area contributed by atoms with E-state index in [1.807, 2.05) is 0 Å². The van der Waals surface area contributed by atoms with E-state index in [1.54, 1.807) is 24.4 Å². The number of aromatic nitrogens is 1.